The summed E-state index contributed by atoms with van der Waals surface area (Å²) in [4.78, 5) is 14.0. The highest BCUT2D eigenvalue weighted by Gasteiger charge is 2.15. The molecule has 0 saturated heterocycles. The van der Waals surface area contributed by atoms with Crippen molar-refractivity contribution in [2.24, 2.45) is 0 Å². The summed E-state index contributed by atoms with van der Waals surface area (Å²) in [7, 11) is 0. The summed E-state index contributed by atoms with van der Waals surface area (Å²) in [6, 6.07) is 0.452. The lowest BCUT2D eigenvalue weighted by atomic mass is 10.1. The number of rotatable bonds is 10. The van der Waals surface area contributed by atoms with Crippen molar-refractivity contribution in [2.45, 2.75) is 72.4 Å². The third-order valence-corrected chi connectivity index (χ3v) is 3.25. The van der Waals surface area contributed by atoms with Crippen molar-refractivity contribution in [2.75, 3.05) is 26.2 Å². The number of esters is 1. The van der Waals surface area contributed by atoms with Gasteiger partial charge in [-0.2, -0.15) is 0 Å². The molecule has 4 heteroatoms. The van der Waals surface area contributed by atoms with Gasteiger partial charge in [-0.15, -0.1) is 0 Å². The molecule has 0 heterocycles. The number of nitrogens with one attached hydrogen (secondary N) is 1. The maximum absolute atomic E-state index is 11.6. The maximum atomic E-state index is 11.6. The fourth-order valence-corrected chi connectivity index (χ4v) is 2.08. The highest BCUT2D eigenvalue weighted by Crippen LogP contribution is 2.08. The Hall–Kier alpha value is -0.610. The van der Waals surface area contributed by atoms with Crippen LogP contribution in [-0.2, 0) is 9.53 Å². The van der Waals surface area contributed by atoms with Gasteiger partial charge >= 0.3 is 5.97 Å². The second kappa shape index (κ2) is 10.2. The number of ether oxygens (including phenoxy) is 1. The van der Waals surface area contributed by atoms with E-state index >= 15 is 0 Å². The van der Waals surface area contributed by atoms with Crippen molar-refractivity contribution in [1.82, 2.24) is 10.2 Å². The fourth-order valence-electron chi connectivity index (χ4n) is 2.08. The molecule has 0 radical (unpaired) electrons. The largest absolute Gasteiger partial charge is 0.460 e. The molecule has 0 aliphatic heterocycles. The fraction of sp³-hybridized carbons (Fsp3) is 0.938. The molecule has 0 aromatic heterocycles. The molecule has 0 amide bonds. The zero-order valence-corrected chi connectivity index (χ0v) is 14.3. The van der Waals surface area contributed by atoms with Crippen LogP contribution in [0.5, 0.6) is 0 Å². The minimum absolute atomic E-state index is 0.125. The number of hydrogen-bond acceptors (Lipinski definition) is 4. The third kappa shape index (κ3) is 11.2. The first-order chi connectivity index (χ1) is 9.28. The topological polar surface area (TPSA) is 41.6 Å². The predicted octanol–water partition coefficient (Wildman–Crippen LogP) is 2.82. The summed E-state index contributed by atoms with van der Waals surface area (Å²) in [6.45, 7) is 16.4. The summed E-state index contributed by atoms with van der Waals surface area (Å²) in [5.41, 5.74) is -0.382. The Kier molecular flexibility index (Phi) is 9.86. The van der Waals surface area contributed by atoms with E-state index in [0.717, 1.165) is 26.1 Å². The molecule has 1 N–H and O–H groups in total. The Balaban J connectivity index is 3.63. The molecule has 4 nitrogen and oxygen atoms in total. The van der Waals surface area contributed by atoms with Crippen molar-refractivity contribution in [3.63, 3.8) is 0 Å². The molecule has 0 unspecified atom stereocenters. The van der Waals surface area contributed by atoms with E-state index in [2.05, 4.69) is 31.0 Å². The third-order valence-electron chi connectivity index (χ3n) is 3.25. The highest BCUT2D eigenvalue weighted by molar-refractivity contribution is 5.70. The van der Waals surface area contributed by atoms with Crippen LogP contribution in [0, 0.1) is 0 Å². The first-order valence-electron chi connectivity index (χ1n) is 7.96. The normalized spacial score (nSPS) is 13.6. The van der Waals surface area contributed by atoms with Crippen LogP contribution in [0.4, 0.5) is 0 Å². The molecule has 0 saturated carbocycles. The van der Waals surface area contributed by atoms with E-state index in [4.69, 9.17) is 4.74 Å². The van der Waals surface area contributed by atoms with Gasteiger partial charge in [-0.25, -0.2) is 0 Å². The molecule has 0 fully saturated rings. The van der Waals surface area contributed by atoms with Gasteiger partial charge in [0, 0.05) is 12.6 Å². The van der Waals surface area contributed by atoms with Gasteiger partial charge in [0.2, 0.25) is 0 Å². The molecule has 0 bridgehead atoms. The van der Waals surface area contributed by atoms with Crippen LogP contribution in [0.2, 0.25) is 0 Å². The van der Waals surface area contributed by atoms with Gasteiger partial charge in [-0.05, 0) is 60.2 Å². The maximum Gasteiger partial charge on any atom is 0.307 e. The second-order valence-electron chi connectivity index (χ2n) is 6.36. The number of nitrogens with zero attached hydrogens (tertiary/aromatic N) is 1. The van der Waals surface area contributed by atoms with Gasteiger partial charge in [0.1, 0.15) is 5.60 Å². The summed E-state index contributed by atoms with van der Waals surface area (Å²) in [5, 5.41) is 3.39. The van der Waals surface area contributed by atoms with Crippen LogP contribution < -0.4 is 5.32 Å². The van der Waals surface area contributed by atoms with Crippen LogP contribution in [0.15, 0.2) is 0 Å². The van der Waals surface area contributed by atoms with Gasteiger partial charge in [0.25, 0.3) is 0 Å². The minimum atomic E-state index is -0.382. The Labute approximate surface area is 125 Å². The lowest BCUT2D eigenvalue weighted by molar-refractivity contribution is -0.154. The molecule has 1 atom stereocenters. The smallest absolute Gasteiger partial charge is 0.307 e. The van der Waals surface area contributed by atoms with Crippen molar-refractivity contribution in [3.05, 3.63) is 0 Å². The predicted molar refractivity (Wildman–Crippen MR) is 84.9 cm³/mol. The monoisotopic (exact) mass is 286 g/mol. The van der Waals surface area contributed by atoms with Crippen LogP contribution in [0.25, 0.3) is 0 Å². The van der Waals surface area contributed by atoms with Gasteiger partial charge in [0.05, 0.1) is 6.42 Å². The van der Waals surface area contributed by atoms with Gasteiger partial charge in [-0.1, -0.05) is 13.8 Å². The van der Waals surface area contributed by atoms with E-state index in [-0.39, 0.29) is 11.6 Å². The molecule has 0 rings (SSSR count). The minimum Gasteiger partial charge on any atom is -0.460 e. The van der Waals surface area contributed by atoms with Gasteiger partial charge < -0.3 is 15.0 Å². The van der Waals surface area contributed by atoms with Crippen molar-refractivity contribution in [3.8, 4) is 0 Å². The molecule has 0 aliphatic carbocycles. The van der Waals surface area contributed by atoms with Crippen LogP contribution in [0.3, 0.4) is 0 Å². The Morgan fingerprint density at radius 2 is 1.85 bits per heavy atom. The molecule has 0 aliphatic rings. The van der Waals surface area contributed by atoms with Crippen LogP contribution >= 0.6 is 0 Å². The molecule has 20 heavy (non-hydrogen) atoms. The van der Waals surface area contributed by atoms with E-state index in [1.54, 1.807) is 0 Å². The van der Waals surface area contributed by atoms with Crippen LogP contribution in [0.1, 0.15) is 60.8 Å². The average molecular weight is 286 g/mol. The van der Waals surface area contributed by atoms with Crippen molar-refractivity contribution in [1.29, 1.82) is 0 Å². The summed E-state index contributed by atoms with van der Waals surface area (Å²) in [6.07, 6.45) is 2.78. The zero-order chi connectivity index (χ0) is 15.6. The second-order valence-corrected chi connectivity index (χ2v) is 6.36. The van der Waals surface area contributed by atoms with E-state index in [9.17, 15) is 4.79 Å². The van der Waals surface area contributed by atoms with E-state index in [1.165, 1.54) is 6.42 Å². The van der Waals surface area contributed by atoms with Crippen LogP contribution in [-0.4, -0.2) is 48.7 Å². The van der Waals surface area contributed by atoms with Crippen molar-refractivity contribution >= 4 is 5.97 Å². The Morgan fingerprint density at radius 1 is 1.25 bits per heavy atom. The molecule has 0 spiro atoms. The Morgan fingerprint density at radius 3 is 2.35 bits per heavy atom. The average Bonchev–Trinajstić information content (AvgIpc) is 2.32. The molecule has 120 valence electrons. The van der Waals surface area contributed by atoms with Gasteiger partial charge in [-0.3, -0.25) is 4.79 Å². The quantitative estimate of drug-likeness (QED) is 0.627. The first kappa shape index (κ1) is 19.4. The highest BCUT2D eigenvalue weighted by atomic mass is 16.6. The van der Waals surface area contributed by atoms with E-state index < -0.39 is 0 Å². The number of carbonyl (C=O) groups is 1. The van der Waals surface area contributed by atoms with Crippen molar-refractivity contribution < 1.29 is 9.53 Å². The van der Waals surface area contributed by atoms with E-state index in [0.29, 0.717) is 19.0 Å². The lowest BCUT2D eigenvalue weighted by Crippen LogP contribution is -2.32. The molecular formula is C16H34N2O2. The zero-order valence-electron chi connectivity index (χ0n) is 14.3. The number of hydrogen-bond donors (Lipinski definition) is 1. The molecule has 0 aromatic rings. The molecule has 0 aromatic carbocycles. The standard InChI is InChI=1S/C16H34N2O2/c1-7-18(8-2)13-9-10-14(3)17-12-11-15(19)20-16(4,5)6/h14,17H,7-13H2,1-6H3/t14-/m1/s1. The Bertz CT molecular complexity index is 258. The van der Waals surface area contributed by atoms with E-state index in [1.807, 2.05) is 20.8 Å². The SMILES string of the molecule is CCN(CC)CCC[C@@H](C)NCCC(=O)OC(C)(C)C. The molecular weight excluding hydrogens is 252 g/mol. The summed E-state index contributed by atoms with van der Waals surface area (Å²) < 4.78 is 5.28. The van der Waals surface area contributed by atoms with Gasteiger partial charge in [0.15, 0.2) is 0 Å². The number of carbonyl (C=O) groups excluding carboxylic acids is 1. The summed E-state index contributed by atoms with van der Waals surface area (Å²) in [5.74, 6) is -0.125. The summed E-state index contributed by atoms with van der Waals surface area (Å²) >= 11 is 0. The lowest BCUT2D eigenvalue weighted by Gasteiger charge is -2.21. The first-order valence-corrected chi connectivity index (χ1v) is 7.96.